The van der Waals surface area contributed by atoms with E-state index >= 15 is 0 Å². The molecule has 1 N–H and O–H groups in total. The second kappa shape index (κ2) is 8.68. The molecule has 0 saturated carbocycles. The van der Waals surface area contributed by atoms with Gasteiger partial charge in [0, 0.05) is 17.8 Å². The number of halogens is 2. The average Bonchev–Trinajstić information content (AvgIpc) is 3.56. The molecule has 0 radical (unpaired) electrons. The van der Waals surface area contributed by atoms with Gasteiger partial charge >= 0.3 is 5.97 Å². The molecule has 3 aromatic heterocycles. The van der Waals surface area contributed by atoms with Crippen LogP contribution in [0.4, 0.5) is 14.6 Å². The zero-order valence-electron chi connectivity index (χ0n) is 20.0. The number of carboxylic acid groups (broad SMARTS) is 1. The third-order valence-electron chi connectivity index (χ3n) is 6.59. The lowest BCUT2D eigenvalue weighted by molar-refractivity contribution is -0.138. The summed E-state index contributed by atoms with van der Waals surface area (Å²) in [6, 6.07) is 13.9. The molecule has 1 aliphatic rings. The van der Waals surface area contributed by atoms with Gasteiger partial charge in [0.1, 0.15) is 23.2 Å². The largest absolute Gasteiger partial charge is 0.480 e. The van der Waals surface area contributed by atoms with Gasteiger partial charge in [0.05, 0.1) is 17.6 Å². The molecule has 37 heavy (non-hydrogen) atoms. The van der Waals surface area contributed by atoms with Crippen LogP contribution >= 0.6 is 0 Å². The summed E-state index contributed by atoms with van der Waals surface area (Å²) in [5.41, 5.74) is 2.48. The first-order valence-corrected chi connectivity index (χ1v) is 11.9. The van der Waals surface area contributed by atoms with E-state index in [1.165, 1.54) is 4.90 Å². The molecule has 1 fully saturated rings. The summed E-state index contributed by atoms with van der Waals surface area (Å²) in [5, 5.41) is 10.6. The standard InChI is InChI=1S/C26H23F2N5O4/c1-13(2)33-17-9-5-4-8-16(17)29-26(33)36-14-11-18(25(34)35)32(12-14)24-21-20(30-23(31-24)22(27)28)15-7-3-6-10-19(15)37-21/h3-10,13-14,18,22H,11-12H2,1-2H3,(H,34,35)/t14-,18-/m0/s1. The highest BCUT2D eigenvalue weighted by molar-refractivity contribution is 6.06. The second-order valence-electron chi connectivity index (χ2n) is 9.31. The van der Waals surface area contributed by atoms with E-state index in [4.69, 9.17) is 9.15 Å². The zero-order chi connectivity index (χ0) is 25.8. The molecule has 0 unspecified atom stereocenters. The van der Waals surface area contributed by atoms with Crippen LogP contribution in [-0.4, -0.2) is 49.3 Å². The van der Waals surface area contributed by atoms with Crippen molar-refractivity contribution in [1.29, 1.82) is 0 Å². The van der Waals surface area contributed by atoms with Crippen LogP contribution in [0.5, 0.6) is 6.01 Å². The Bertz CT molecular complexity index is 1650. The van der Waals surface area contributed by atoms with Crippen molar-refractivity contribution in [3.8, 4) is 6.01 Å². The van der Waals surface area contributed by atoms with Crippen molar-refractivity contribution in [2.45, 2.75) is 44.9 Å². The number of imidazole rings is 1. The Balaban J connectivity index is 1.43. The van der Waals surface area contributed by atoms with Gasteiger partial charge in [-0.1, -0.05) is 24.3 Å². The van der Waals surface area contributed by atoms with Gasteiger partial charge in [-0.05, 0) is 38.1 Å². The van der Waals surface area contributed by atoms with Gasteiger partial charge in [-0.15, -0.1) is 0 Å². The number of benzene rings is 2. The minimum absolute atomic E-state index is 0.00682. The Labute approximate surface area is 209 Å². The number of furan rings is 1. The number of carbonyl (C=O) groups is 1. The topological polar surface area (TPSA) is 107 Å². The maximum Gasteiger partial charge on any atom is 0.326 e. The minimum Gasteiger partial charge on any atom is -0.480 e. The van der Waals surface area contributed by atoms with Crippen molar-refractivity contribution in [1.82, 2.24) is 19.5 Å². The monoisotopic (exact) mass is 507 g/mol. The number of nitrogens with zero attached hydrogens (tertiary/aromatic N) is 5. The summed E-state index contributed by atoms with van der Waals surface area (Å²) in [7, 11) is 0. The van der Waals surface area contributed by atoms with Gasteiger partial charge < -0.3 is 19.2 Å². The van der Waals surface area contributed by atoms with Crippen molar-refractivity contribution in [3.05, 3.63) is 54.4 Å². The second-order valence-corrected chi connectivity index (χ2v) is 9.31. The normalized spacial score (nSPS) is 18.2. The van der Waals surface area contributed by atoms with E-state index in [0.29, 0.717) is 17.0 Å². The van der Waals surface area contributed by atoms with E-state index in [9.17, 15) is 18.7 Å². The van der Waals surface area contributed by atoms with Gasteiger partial charge in [0.15, 0.2) is 17.2 Å². The van der Waals surface area contributed by atoms with Crippen LogP contribution in [0, 0.1) is 0 Å². The third-order valence-corrected chi connectivity index (χ3v) is 6.59. The molecule has 5 aromatic rings. The van der Waals surface area contributed by atoms with Crippen molar-refractivity contribution >= 4 is 44.9 Å². The number of rotatable bonds is 6. The molecule has 2 atom stereocenters. The molecule has 6 rings (SSSR count). The summed E-state index contributed by atoms with van der Waals surface area (Å²) in [5.74, 6) is -1.80. The highest BCUT2D eigenvalue weighted by atomic mass is 19.3. The molecule has 0 amide bonds. The van der Waals surface area contributed by atoms with Crippen molar-refractivity contribution in [2.24, 2.45) is 0 Å². The van der Waals surface area contributed by atoms with Crippen LogP contribution in [0.3, 0.4) is 0 Å². The summed E-state index contributed by atoms with van der Waals surface area (Å²) in [4.78, 5) is 26.4. The van der Waals surface area contributed by atoms with Crippen LogP contribution in [0.1, 0.15) is 38.6 Å². The Hall–Kier alpha value is -4.28. The number of anilines is 1. The highest BCUT2D eigenvalue weighted by Crippen LogP contribution is 2.38. The lowest BCUT2D eigenvalue weighted by Gasteiger charge is -2.22. The number of hydrogen-bond acceptors (Lipinski definition) is 7. The highest BCUT2D eigenvalue weighted by Gasteiger charge is 2.41. The summed E-state index contributed by atoms with van der Waals surface area (Å²) in [6.07, 6.45) is -3.42. The number of ether oxygens (including phenoxy) is 1. The summed E-state index contributed by atoms with van der Waals surface area (Å²) in [6.45, 7) is 4.10. The Kier molecular flexibility index (Phi) is 5.43. The number of hydrogen-bond donors (Lipinski definition) is 1. The predicted molar refractivity (Wildman–Crippen MR) is 132 cm³/mol. The fraction of sp³-hybridized carbons (Fsp3) is 0.308. The van der Waals surface area contributed by atoms with E-state index in [1.807, 2.05) is 42.7 Å². The molecule has 0 spiro atoms. The van der Waals surface area contributed by atoms with Gasteiger partial charge in [-0.2, -0.15) is 4.98 Å². The molecule has 0 aliphatic carbocycles. The third kappa shape index (κ3) is 3.81. The van der Waals surface area contributed by atoms with Crippen LogP contribution in [0.15, 0.2) is 52.9 Å². The van der Waals surface area contributed by atoms with Crippen molar-refractivity contribution in [2.75, 3.05) is 11.4 Å². The Morgan fingerprint density at radius 1 is 1.11 bits per heavy atom. The molecule has 9 nitrogen and oxygen atoms in total. The van der Waals surface area contributed by atoms with Gasteiger partial charge in [0.2, 0.25) is 0 Å². The number of para-hydroxylation sites is 3. The first-order chi connectivity index (χ1) is 17.8. The fourth-order valence-electron chi connectivity index (χ4n) is 4.99. The molecule has 190 valence electrons. The molecule has 11 heteroatoms. The minimum atomic E-state index is -2.94. The maximum absolute atomic E-state index is 13.8. The SMILES string of the molecule is CC(C)n1c(O[C@H]2C[C@@H](C(=O)O)N(c3nc(C(F)F)nc4c3oc3ccccc34)C2)nc2ccccc21. The van der Waals surface area contributed by atoms with Crippen LogP contribution < -0.4 is 9.64 Å². The maximum atomic E-state index is 13.8. The smallest absolute Gasteiger partial charge is 0.326 e. The van der Waals surface area contributed by atoms with Crippen molar-refractivity contribution in [3.63, 3.8) is 0 Å². The summed E-state index contributed by atoms with van der Waals surface area (Å²) < 4.78 is 41.7. The van der Waals surface area contributed by atoms with Gasteiger partial charge in [-0.3, -0.25) is 4.57 Å². The van der Waals surface area contributed by atoms with E-state index in [-0.39, 0.29) is 35.9 Å². The predicted octanol–water partition coefficient (Wildman–Crippen LogP) is 5.36. The summed E-state index contributed by atoms with van der Waals surface area (Å²) >= 11 is 0. The number of carboxylic acids is 1. The van der Waals surface area contributed by atoms with Crippen LogP contribution in [0.25, 0.3) is 33.1 Å². The first-order valence-electron chi connectivity index (χ1n) is 11.9. The lowest BCUT2D eigenvalue weighted by Crippen LogP contribution is -2.37. The molecular formula is C26H23F2N5O4. The van der Waals surface area contributed by atoms with Gasteiger partial charge in [-0.25, -0.2) is 23.5 Å². The Morgan fingerprint density at radius 2 is 1.86 bits per heavy atom. The van der Waals surface area contributed by atoms with Crippen molar-refractivity contribution < 1.29 is 27.8 Å². The van der Waals surface area contributed by atoms with E-state index < -0.39 is 30.4 Å². The lowest BCUT2D eigenvalue weighted by atomic mass is 10.2. The molecule has 1 aliphatic heterocycles. The quantitative estimate of drug-likeness (QED) is 0.328. The molecule has 0 bridgehead atoms. The zero-order valence-corrected chi connectivity index (χ0v) is 20.0. The average molecular weight is 507 g/mol. The van der Waals surface area contributed by atoms with E-state index in [1.54, 1.807) is 24.3 Å². The van der Waals surface area contributed by atoms with Gasteiger partial charge in [0.25, 0.3) is 12.4 Å². The number of aliphatic carboxylic acids is 1. The number of aromatic nitrogens is 4. The molecule has 1 saturated heterocycles. The van der Waals surface area contributed by atoms with E-state index in [2.05, 4.69) is 15.0 Å². The van der Waals surface area contributed by atoms with Crippen LogP contribution in [-0.2, 0) is 4.79 Å². The van der Waals surface area contributed by atoms with Crippen LogP contribution in [0.2, 0.25) is 0 Å². The number of fused-ring (bicyclic) bond motifs is 4. The first kappa shape index (κ1) is 23.1. The molecule has 4 heterocycles. The molecule has 2 aromatic carbocycles. The molecular weight excluding hydrogens is 484 g/mol. The number of alkyl halides is 2. The Morgan fingerprint density at radius 3 is 2.62 bits per heavy atom. The van der Waals surface area contributed by atoms with E-state index in [0.717, 1.165) is 11.0 Å². The fourth-order valence-corrected chi connectivity index (χ4v) is 4.99.